The number of sulfonamides is 1. The van der Waals surface area contributed by atoms with Gasteiger partial charge in [0.05, 0.1) is 16.5 Å². The van der Waals surface area contributed by atoms with Gasteiger partial charge >= 0.3 is 0 Å². The summed E-state index contributed by atoms with van der Waals surface area (Å²) >= 11 is 6.13. The summed E-state index contributed by atoms with van der Waals surface area (Å²) < 4.78 is 33.5. The Labute approximate surface area is 169 Å². The van der Waals surface area contributed by atoms with Gasteiger partial charge in [0.25, 0.3) is 0 Å². The van der Waals surface area contributed by atoms with Crippen LogP contribution in [0.1, 0.15) is 18.9 Å². The Morgan fingerprint density at radius 3 is 2.71 bits per heavy atom. The maximum atomic E-state index is 13.1. The number of anilines is 1. The van der Waals surface area contributed by atoms with Crippen LogP contribution in [-0.4, -0.2) is 44.4 Å². The minimum absolute atomic E-state index is 0.0338. The minimum Gasteiger partial charge on any atom is -0.487 e. The third kappa shape index (κ3) is 3.50. The topological polar surface area (TPSA) is 66.9 Å². The fourth-order valence-electron chi connectivity index (χ4n) is 3.75. The Hall–Kier alpha value is -2.09. The van der Waals surface area contributed by atoms with Crippen molar-refractivity contribution < 1.29 is 17.9 Å². The van der Waals surface area contributed by atoms with E-state index in [1.807, 2.05) is 12.1 Å². The van der Waals surface area contributed by atoms with Crippen molar-refractivity contribution in [3.8, 4) is 5.75 Å². The highest BCUT2D eigenvalue weighted by atomic mass is 35.5. The Kier molecular flexibility index (Phi) is 5.07. The zero-order valence-electron chi connectivity index (χ0n) is 15.5. The van der Waals surface area contributed by atoms with Crippen molar-refractivity contribution in [1.82, 2.24) is 4.31 Å². The molecule has 2 aromatic rings. The molecule has 8 heteroatoms. The van der Waals surface area contributed by atoms with Crippen LogP contribution in [-0.2, 0) is 21.2 Å². The van der Waals surface area contributed by atoms with Crippen LogP contribution in [0.15, 0.2) is 47.4 Å². The molecule has 6 nitrogen and oxygen atoms in total. The molecule has 4 rings (SSSR count). The smallest absolute Gasteiger partial charge is 0.243 e. The van der Waals surface area contributed by atoms with Gasteiger partial charge in [-0.25, -0.2) is 8.42 Å². The van der Waals surface area contributed by atoms with Gasteiger partial charge in [-0.1, -0.05) is 23.7 Å². The fourth-order valence-corrected chi connectivity index (χ4v) is 5.46. The molecule has 0 N–H and O–H groups in total. The van der Waals surface area contributed by atoms with Crippen LogP contribution in [0.25, 0.3) is 0 Å². The molecule has 1 saturated heterocycles. The van der Waals surface area contributed by atoms with Gasteiger partial charge in [-0.3, -0.25) is 4.79 Å². The number of halogens is 1. The molecule has 0 aromatic heterocycles. The van der Waals surface area contributed by atoms with Crippen LogP contribution in [0.3, 0.4) is 0 Å². The second-order valence-electron chi connectivity index (χ2n) is 7.03. The van der Waals surface area contributed by atoms with E-state index < -0.39 is 10.0 Å². The number of hydrogen-bond donors (Lipinski definition) is 0. The highest BCUT2D eigenvalue weighted by Gasteiger charge is 2.35. The predicted octanol–water partition coefficient (Wildman–Crippen LogP) is 3.09. The first kappa shape index (κ1) is 19.2. The molecule has 0 bridgehead atoms. The summed E-state index contributed by atoms with van der Waals surface area (Å²) in [4.78, 5) is 13.6. The standard InChI is InChI=1S/C20H21ClN2O4S/c1-14(24)23-11-8-15-12-17(6-7-19(15)23)28(25,26)22-10-9-16(13-22)27-20-5-3-2-4-18(20)21/h2-7,12,16H,8-11,13H2,1H3. The second-order valence-corrected chi connectivity index (χ2v) is 9.38. The van der Waals surface area contributed by atoms with E-state index in [9.17, 15) is 13.2 Å². The molecule has 0 saturated carbocycles. The molecular weight excluding hydrogens is 400 g/mol. The Bertz CT molecular complexity index is 1020. The summed E-state index contributed by atoms with van der Waals surface area (Å²) in [6.07, 6.45) is 1.03. The summed E-state index contributed by atoms with van der Waals surface area (Å²) in [5.41, 5.74) is 1.69. The third-order valence-electron chi connectivity index (χ3n) is 5.20. The summed E-state index contributed by atoms with van der Waals surface area (Å²) in [6.45, 7) is 2.78. The van der Waals surface area contributed by atoms with Crippen LogP contribution in [0.5, 0.6) is 5.75 Å². The molecule has 2 aliphatic rings. The Morgan fingerprint density at radius 2 is 1.96 bits per heavy atom. The van der Waals surface area contributed by atoms with E-state index in [0.717, 1.165) is 11.3 Å². The lowest BCUT2D eigenvalue weighted by molar-refractivity contribution is -0.116. The Morgan fingerprint density at radius 1 is 1.18 bits per heavy atom. The number of amides is 1. The van der Waals surface area contributed by atoms with Crippen LogP contribution in [0.4, 0.5) is 5.69 Å². The zero-order chi connectivity index (χ0) is 19.9. The van der Waals surface area contributed by atoms with Gasteiger partial charge in [-0.05, 0) is 48.7 Å². The van der Waals surface area contributed by atoms with Crippen LogP contribution >= 0.6 is 11.6 Å². The number of carbonyl (C=O) groups excluding carboxylic acids is 1. The summed E-state index contributed by atoms with van der Waals surface area (Å²) in [6, 6.07) is 12.2. The maximum Gasteiger partial charge on any atom is 0.243 e. The van der Waals surface area contributed by atoms with E-state index in [-0.39, 0.29) is 23.5 Å². The number of nitrogens with zero attached hydrogens (tertiary/aromatic N) is 2. The van der Waals surface area contributed by atoms with Gasteiger partial charge in [0.1, 0.15) is 11.9 Å². The molecule has 2 heterocycles. The van der Waals surface area contributed by atoms with E-state index in [4.69, 9.17) is 16.3 Å². The molecule has 2 aromatic carbocycles. The van der Waals surface area contributed by atoms with Crippen molar-refractivity contribution in [2.45, 2.75) is 30.8 Å². The van der Waals surface area contributed by atoms with Gasteiger partial charge in [0.15, 0.2) is 0 Å². The first-order valence-electron chi connectivity index (χ1n) is 9.18. The summed E-state index contributed by atoms with van der Waals surface area (Å²) in [5, 5.41) is 0.512. The highest BCUT2D eigenvalue weighted by Crippen LogP contribution is 2.33. The van der Waals surface area contributed by atoms with Crippen LogP contribution < -0.4 is 9.64 Å². The SMILES string of the molecule is CC(=O)N1CCc2cc(S(=O)(=O)N3CCC(Oc4ccccc4Cl)C3)ccc21. The Balaban J connectivity index is 1.50. The predicted molar refractivity (Wildman–Crippen MR) is 107 cm³/mol. The lowest BCUT2D eigenvalue weighted by atomic mass is 10.2. The van der Waals surface area contributed by atoms with Crippen molar-refractivity contribution in [3.63, 3.8) is 0 Å². The van der Waals surface area contributed by atoms with Crippen LogP contribution in [0.2, 0.25) is 5.02 Å². The minimum atomic E-state index is -3.62. The zero-order valence-corrected chi connectivity index (χ0v) is 17.0. The molecular formula is C20H21ClN2O4S. The maximum absolute atomic E-state index is 13.1. The number of rotatable bonds is 4. The fraction of sp³-hybridized carbons (Fsp3) is 0.350. The number of ether oxygens (including phenoxy) is 1. The lowest BCUT2D eigenvalue weighted by Gasteiger charge is -2.19. The van der Waals surface area contributed by atoms with Crippen molar-refractivity contribution in [3.05, 3.63) is 53.1 Å². The normalized spacial score (nSPS) is 19.6. The van der Waals surface area contributed by atoms with Gasteiger partial charge in [0, 0.05) is 25.7 Å². The van der Waals surface area contributed by atoms with Gasteiger partial charge < -0.3 is 9.64 Å². The average Bonchev–Trinajstić information content (AvgIpc) is 3.30. The molecule has 1 amide bonds. The molecule has 28 heavy (non-hydrogen) atoms. The molecule has 1 unspecified atom stereocenters. The molecule has 0 spiro atoms. The molecule has 0 aliphatic carbocycles. The van der Waals surface area contributed by atoms with Crippen molar-refractivity contribution in [1.29, 1.82) is 0 Å². The summed E-state index contributed by atoms with van der Waals surface area (Å²) in [5.74, 6) is 0.531. The van der Waals surface area contributed by atoms with E-state index >= 15 is 0 Å². The van der Waals surface area contributed by atoms with Crippen LogP contribution in [0, 0.1) is 0 Å². The third-order valence-corrected chi connectivity index (χ3v) is 7.38. The highest BCUT2D eigenvalue weighted by molar-refractivity contribution is 7.89. The first-order valence-corrected chi connectivity index (χ1v) is 11.0. The van der Waals surface area contributed by atoms with Crippen molar-refractivity contribution >= 4 is 33.2 Å². The molecule has 1 atom stereocenters. The number of benzene rings is 2. The monoisotopic (exact) mass is 420 g/mol. The van der Waals surface area contributed by atoms with E-state index in [1.165, 1.54) is 11.2 Å². The molecule has 0 radical (unpaired) electrons. The summed E-state index contributed by atoms with van der Waals surface area (Å²) in [7, 11) is -3.62. The van der Waals surface area contributed by atoms with Crippen molar-refractivity contribution in [2.75, 3.05) is 24.5 Å². The molecule has 148 valence electrons. The quantitative estimate of drug-likeness (QED) is 0.762. The van der Waals surface area contributed by atoms with Gasteiger partial charge in [-0.2, -0.15) is 4.31 Å². The average molecular weight is 421 g/mol. The number of fused-ring (bicyclic) bond motifs is 1. The van der Waals surface area contributed by atoms with Gasteiger partial charge in [-0.15, -0.1) is 0 Å². The second kappa shape index (κ2) is 7.39. The van der Waals surface area contributed by atoms with E-state index in [1.54, 1.807) is 35.2 Å². The van der Waals surface area contributed by atoms with Gasteiger partial charge in [0.2, 0.25) is 15.9 Å². The first-order chi connectivity index (χ1) is 13.4. The van der Waals surface area contributed by atoms with E-state index in [2.05, 4.69) is 0 Å². The number of para-hydroxylation sites is 1. The van der Waals surface area contributed by atoms with E-state index in [0.29, 0.717) is 36.7 Å². The number of carbonyl (C=O) groups is 1. The lowest BCUT2D eigenvalue weighted by Crippen LogP contribution is -2.31. The largest absolute Gasteiger partial charge is 0.487 e. The molecule has 1 fully saturated rings. The van der Waals surface area contributed by atoms with Crippen molar-refractivity contribution in [2.24, 2.45) is 0 Å². The number of hydrogen-bond acceptors (Lipinski definition) is 4. The molecule has 2 aliphatic heterocycles.